The first kappa shape index (κ1) is 10.4. The van der Waals surface area contributed by atoms with Crippen molar-refractivity contribution >= 4 is 61.6 Å². The SMILES string of the molecule is Clc1nc(Cl)c2cc(Br)cc(Cl)c2n1. The second-order valence-electron chi connectivity index (χ2n) is 2.57. The van der Waals surface area contributed by atoms with Crippen molar-refractivity contribution in [2.24, 2.45) is 0 Å². The van der Waals surface area contributed by atoms with Gasteiger partial charge in [-0.15, -0.1) is 0 Å². The summed E-state index contributed by atoms with van der Waals surface area (Å²) in [5.41, 5.74) is 0.555. The van der Waals surface area contributed by atoms with Crippen LogP contribution in [0, 0.1) is 0 Å². The second kappa shape index (κ2) is 3.81. The summed E-state index contributed by atoms with van der Waals surface area (Å²) < 4.78 is 0.822. The summed E-state index contributed by atoms with van der Waals surface area (Å²) in [6, 6.07) is 3.52. The van der Waals surface area contributed by atoms with Gasteiger partial charge in [0.2, 0.25) is 5.28 Å². The van der Waals surface area contributed by atoms with Crippen LogP contribution >= 0.6 is 50.7 Å². The highest BCUT2D eigenvalue weighted by Gasteiger charge is 2.08. The van der Waals surface area contributed by atoms with Gasteiger partial charge in [0.15, 0.2) is 0 Å². The van der Waals surface area contributed by atoms with Crippen molar-refractivity contribution in [3.05, 3.63) is 32.1 Å². The van der Waals surface area contributed by atoms with Crippen LogP contribution in [0.4, 0.5) is 0 Å². The van der Waals surface area contributed by atoms with Gasteiger partial charge in [-0.05, 0) is 23.7 Å². The number of aromatic nitrogens is 2. The third-order valence-corrected chi connectivity index (χ3v) is 2.85. The first-order valence-corrected chi connectivity index (χ1v) is 5.48. The van der Waals surface area contributed by atoms with Crippen LogP contribution in [0.5, 0.6) is 0 Å². The zero-order valence-corrected chi connectivity index (χ0v) is 10.4. The van der Waals surface area contributed by atoms with E-state index in [2.05, 4.69) is 25.9 Å². The summed E-state index contributed by atoms with van der Waals surface area (Å²) in [5, 5.41) is 1.55. The summed E-state index contributed by atoms with van der Waals surface area (Å²) in [5.74, 6) is 0. The van der Waals surface area contributed by atoms with Crippen molar-refractivity contribution in [1.82, 2.24) is 9.97 Å². The maximum atomic E-state index is 5.97. The fourth-order valence-corrected chi connectivity index (χ4v) is 2.38. The Morgan fingerprint density at radius 3 is 2.50 bits per heavy atom. The number of hydrogen-bond donors (Lipinski definition) is 0. The molecule has 0 radical (unpaired) electrons. The molecule has 2 rings (SSSR count). The molecule has 0 bridgehead atoms. The number of benzene rings is 1. The van der Waals surface area contributed by atoms with Crippen LogP contribution in [0.3, 0.4) is 0 Å². The molecule has 0 aliphatic carbocycles. The predicted molar refractivity (Wildman–Crippen MR) is 62.3 cm³/mol. The van der Waals surface area contributed by atoms with Gasteiger partial charge in [0.05, 0.1) is 10.5 Å². The Morgan fingerprint density at radius 2 is 1.79 bits per heavy atom. The molecular formula is C8H2BrCl3N2. The fourth-order valence-electron chi connectivity index (χ4n) is 1.10. The van der Waals surface area contributed by atoms with E-state index in [9.17, 15) is 0 Å². The Kier molecular flexibility index (Phi) is 2.84. The van der Waals surface area contributed by atoms with E-state index in [-0.39, 0.29) is 5.28 Å². The van der Waals surface area contributed by atoms with E-state index in [4.69, 9.17) is 34.8 Å². The molecule has 0 atom stereocenters. The molecule has 0 fully saturated rings. The van der Waals surface area contributed by atoms with E-state index in [1.165, 1.54) is 0 Å². The summed E-state index contributed by atoms with van der Waals surface area (Å²) in [4.78, 5) is 7.82. The van der Waals surface area contributed by atoms with Gasteiger partial charge in [-0.3, -0.25) is 0 Å². The first-order valence-electron chi connectivity index (χ1n) is 3.56. The topological polar surface area (TPSA) is 25.8 Å². The highest BCUT2D eigenvalue weighted by atomic mass is 79.9. The maximum Gasteiger partial charge on any atom is 0.224 e. The van der Waals surface area contributed by atoms with Crippen LogP contribution in [0.1, 0.15) is 0 Å². The van der Waals surface area contributed by atoms with E-state index in [0.29, 0.717) is 21.1 Å². The third kappa shape index (κ3) is 1.82. The van der Waals surface area contributed by atoms with Gasteiger partial charge < -0.3 is 0 Å². The summed E-state index contributed by atoms with van der Waals surface area (Å²) >= 11 is 20.8. The van der Waals surface area contributed by atoms with Crippen molar-refractivity contribution in [1.29, 1.82) is 0 Å². The predicted octanol–water partition coefficient (Wildman–Crippen LogP) is 4.35. The minimum absolute atomic E-state index is 0.0896. The lowest BCUT2D eigenvalue weighted by Crippen LogP contribution is -1.87. The monoisotopic (exact) mass is 310 g/mol. The van der Waals surface area contributed by atoms with Crippen LogP contribution in [-0.4, -0.2) is 9.97 Å². The minimum Gasteiger partial charge on any atom is -0.216 e. The van der Waals surface area contributed by atoms with E-state index >= 15 is 0 Å². The summed E-state index contributed by atoms with van der Waals surface area (Å²) in [7, 11) is 0. The zero-order valence-electron chi connectivity index (χ0n) is 6.56. The van der Waals surface area contributed by atoms with E-state index < -0.39 is 0 Å². The molecule has 0 spiro atoms. The normalized spacial score (nSPS) is 10.9. The van der Waals surface area contributed by atoms with Gasteiger partial charge in [0, 0.05) is 9.86 Å². The molecule has 72 valence electrons. The Morgan fingerprint density at radius 1 is 1.07 bits per heavy atom. The molecule has 6 heteroatoms. The van der Waals surface area contributed by atoms with Gasteiger partial charge in [-0.25, -0.2) is 9.97 Å². The molecule has 0 saturated heterocycles. The smallest absolute Gasteiger partial charge is 0.216 e. The lowest BCUT2D eigenvalue weighted by molar-refractivity contribution is 1.22. The highest BCUT2D eigenvalue weighted by molar-refractivity contribution is 9.10. The van der Waals surface area contributed by atoms with Gasteiger partial charge in [0.1, 0.15) is 5.15 Å². The molecule has 2 aromatic rings. The summed E-state index contributed by atoms with van der Waals surface area (Å²) in [6.07, 6.45) is 0. The van der Waals surface area contributed by atoms with Gasteiger partial charge in [-0.1, -0.05) is 39.1 Å². The second-order valence-corrected chi connectivity index (χ2v) is 4.59. The Balaban J connectivity index is 2.94. The van der Waals surface area contributed by atoms with Gasteiger partial charge in [-0.2, -0.15) is 0 Å². The molecule has 0 aliphatic heterocycles. The Hall–Kier alpha value is -0.0900. The Labute approximate surface area is 103 Å². The Bertz CT molecular complexity index is 468. The van der Waals surface area contributed by atoms with Gasteiger partial charge >= 0.3 is 0 Å². The van der Waals surface area contributed by atoms with Crippen LogP contribution in [0.25, 0.3) is 10.9 Å². The standard InChI is InChI=1S/C8H2BrCl3N2/c9-3-1-4-6(5(10)2-3)13-8(12)14-7(4)11/h1-2H. The quantitative estimate of drug-likeness (QED) is 0.534. The largest absolute Gasteiger partial charge is 0.224 e. The first-order chi connectivity index (χ1) is 6.58. The number of rotatable bonds is 0. The molecule has 1 aromatic carbocycles. The summed E-state index contributed by atoms with van der Waals surface area (Å²) in [6.45, 7) is 0. The minimum atomic E-state index is 0.0896. The number of hydrogen-bond acceptors (Lipinski definition) is 2. The van der Waals surface area contributed by atoms with E-state index in [1.54, 1.807) is 12.1 Å². The number of fused-ring (bicyclic) bond motifs is 1. The molecule has 14 heavy (non-hydrogen) atoms. The fraction of sp³-hybridized carbons (Fsp3) is 0. The maximum absolute atomic E-state index is 5.97. The average molecular weight is 312 g/mol. The zero-order chi connectivity index (χ0) is 10.3. The van der Waals surface area contributed by atoms with Crippen LogP contribution in [0.15, 0.2) is 16.6 Å². The van der Waals surface area contributed by atoms with Crippen LogP contribution < -0.4 is 0 Å². The molecule has 0 amide bonds. The van der Waals surface area contributed by atoms with Crippen molar-refractivity contribution < 1.29 is 0 Å². The average Bonchev–Trinajstić information content (AvgIpc) is 2.07. The molecule has 0 unspecified atom stereocenters. The molecule has 2 nitrogen and oxygen atoms in total. The van der Waals surface area contributed by atoms with Crippen molar-refractivity contribution in [3.8, 4) is 0 Å². The lowest BCUT2D eigenvalue weighted by Gasteiger charge is -2.02. The number of nitrogens with zero attached hydrogens (tertiary/aromatic N) is 2. The molecule has 0 N–H and O–H groups in total. The van der Waals surface area contributed by atoms with Crippen LogP contribution in [0.2, 0.25) is 15.5 Å². The highest BCUT2D eigenvalue weighted by Crippen LogP contribution is 2.30. The molecule has 1 heterocycles. The number of halogens is 4. The lowest BCUT2D eigenvalue weighted by atomic mass is 10.2. The van der Waals surface area contributed by atoms with Crippen molar-refractivity contribution in [3.63, 3.8) is 0 Å². The van der Waals surface area contributed by atoms with Crippen molar-refractivity contribution in [2.75, 3.05) is 0 Å². The van der Waals surface area contributed by atoms with E-state index in [1.807, 2.05) is 0 Å². The molecule has 0 aliphatic rings. The van der Waals surface area contributed by atoms with E-state index in [0.717, 1.165) is 4.47 Å². The van der Waals surface area contributed by atoms with Gasteiger partial charge in [0.25, 0.3) is 0 Å². The molecule has 1 aromatic heterocycles. The van der Waals surface area contributed by atoms with Crippen molar-refractivity contribution in [2.45, 2.75) is 0 Å². The third-order valence-electron chi connectivity index (χ3n) is 1.64. The molecular weight excluding hydrogens is 310 g/mol. The van der Waals surface area contributed by atoms with Crippen LogP contribution in [-0.2, 0) is 0 Å². The molecule has 0 saturated carbocycles.